The number of benzene rings is 2. The minimum absolute atomic E-state index is 0.271. The van der Waals surface area contributed by atoms with Gasteiger partial charge >= 0.3 is 10.2 Å². The van der Waals surface area contributed by atoms with Crippen molar-refractivity contribution in [1.29, 1.82) is 0 Å². The summed E-state index contributed by atoms with van der Waals surface area (Å²) in [4.78, 5) is 9.23. The van der Waals surface area contributed by atoms with E-state index in [1.165, 1.54) is 11.0 Å². The fraction of sp³-hybridized carbons (Fsp3) is 0.379. The molecule has 1 atom stereocenters. The fourth-order valence-electron chi connectivity index (χ4n) is 4.73. The maximum Gasteiger partial charge on any atom is 0.310 e. The lowest BCUT2D eigenvalue weighted by atomic mass is 9.95. The first-order valence-corrected chi connectivity index (χ1v) is 15.6. The van der Waals surface area contributed by atoms with Crippen molar-refractivity contribution in [2.45, 2.75) is 58.1 Å². The summed E-state index contributed by atoms with van der Waals surface area (Å²) >= 11 is 0. The number of imidazole rings is 1. The zero-order valence-corrected chi connectivity index (χ0v) is 25.3. The number of hydrogen-bond donors (Lipinski definition) is 1. The van der Waals surface area contributed by atoms with Crippen molar-refractivity contribution in [3.63, 3.8) is 0 Å². The van der Waals surface area contributed by atoms with Crippen molar-refractivity contribution in [3.05, 3.63) is 77.4 Å². The van der Waals surface area contributed by atoms with Crippen LogP contribution < -0.4 is 4.74 Å². The smallest absolute Gasteiger partial charge is 0.310 e. The molecule has 0 aliphatic carbocycles. The van der Waals surface area contributed by atoms with Crippen LogP contribution in [-0.4, -0.2) is 45.7 Å². The van der Waals surface area contributed by atoms with E-state index in [4.69, 9.17) is 9.57 Å². The molecule has 0 amide bonds. The third-order valence-electron chi connectivity index (χ3n) is 6.57. The summed E-state index contributed by atoms with van der Waals surface area (Å²) in [5.74, 6) is 0.905. The van der Waals surface area contributed by atoms with Crippen LogP contribution in [0.1, 0.15) is 57.4 Å². The van der Waals surface area contributed by atoms with Crippen LogP contribution in [0.2, 0.25) is 0 Å². The summed E-state index contributed by atoms with van der Waals surface area (Å²) in [6, 6.07) is 8.28. The number of amidine groups is 1. The van der Waals surface area contributed by atoms with E-state index in [0.717, 1.165) is 23.0 Å². The third-order valence-corrected chi connectivity index (χ3v) is 7.71. The van der Waals surface area contributed by atoms with Crippen molar-refractivity contribution in [2.24, 2.45) is 5.16 Å². The predicted molar refractivity (Wildman–Crippen MR) is 157 cm³/mol. The minimum Gasteiger partial charge on any atom is -0.495 e. The number of halogens is 5. The number of nitrogens with zero attached hydrogens (tertiary/aromatic N) is 4. The lowest BCUT2D eigenvalue weighted by molar-refractivity contribution is -0.137. The standard InChI is InChI=1S/C25H25F5N4O3S.2C2H6/c1-17-14-33(16-31-17)22-9-8-18(12-23(22)36-2)11-19-5-4-10-34-24(19)32-37-25(34,15-35)20-6-3-7-21(13-20)38(26,27,28,29)30;2*1-2/h3,6-9,11-14,16,35H,4-5,10,15H2,1-2H3;2*1-2H3/b19-11+;;. The number of aliphatic hydroxyl groups excluding tert-OH is 1. The number of ether oxygens (including phenoxy) is 1. The summed E-state index contributed by atoms with van der Waals surface area (Å²) in [6.07, 6.45) is 6.53. The van der Waals surface area contributed by atoms with Crippen LogP contribution in [0.25, 0.3) is 11.8 Å². The molecule has 7 nitrogen and oxygen atoms in total. The van der Waals surface area contributed by atoms with E-state index in [1.807, 2.05) is 69.7 Å². The summed E-state index contributed by atoms with van der Waals surface area (Å²) in [5, 5.41) is 14.4. The molecule has 0 bridgehead atoms. The van der Waals surface area contributed by atoms with Gasteiger partial charge in [0, 0.05) is 18.3 Å². The molecule has 1 saturated heterocycles. The zero-order valence-electron chi connectivity index (χ0n) is 24.5. The van der Waals surface area contributed by atoms with E-state index in [0.29, 0.717) is 48.7 Å². The molecule has 3 heterocycles. The largest absolute Gasteiger partial charge is 0.495 e. The highest BCUT2D eigenvalue weighted by atomic mass is 32.5. The Kier molecular flexibility index (Phi) is 9.09. The summed E-state index contributed by atoms with van der Waals surface area (Å²) < 4.78 is 74.9. The van der Waals surface area contributed by atoms with E-state index in [1.54, 1.807) is 13.4 Å². The van der Waals surface area contributed by atoms with Crippen LogP contribution >= 0.6 is 10.2 Å². The molecule has 2 aliphatic rings. The maximum absolute atomic E-state index is 13.5. The van der Waals surface area contributed by atoms with Gasteiger partial charge in [0.25, 0.3) is 5.72 Å². The topological polar surface area (TPSA) is 72.1 Å². The second-order valence-corrected chi connectivity index (χ2v) is 11.6. The molecule has 0 saturated carbocycles. The average molecular weight is 617 g/mol. The summed E-state index contributed by atoms with van der Waals surface area (Å²) in [5.41, 5.74) is 0.973. The number of piperidine rings is 1. The lowest BCUT2D eigenvalue weighted by Gasteiger charge is -2.42. The van der Waals surface area contributed by atoms with E-state index in [9.17, 15) is 24.5 Å². The Balaban J connectivity index is 0.00000116. The number of aromatic nitrogens is 2. The highest BCUT2D eigenvalue weighted by Gasteiger charge is 2.66. The van der Waals surface area contributed by atoms with Crippen molar-refractivity contribution >= 4 is 22.1 Å². The molecule has 42 heavy (non-hydrogen) atoms. The Morgan fingerprint density at radius 2 is 1.79 bits per heavy atom. The first-order chi connectivity index (χ1) is 19.7. The zero-order chi connectivity index (χ0) is 31.4. The van der Waals surface area contributed by atoms with Gasteiger partial charge in [-0.15, -0.1) is 0 Å². The first kappa shape index (κ1) is 32.9. The molecule has 1 aromatic heterocycles. The molecule has 0 spiro atoms. The van der Waals surface area contributed by atoms with Gasteiger partial charge in [-0.3, -0.25) is 0 Å². The van der Waals surface area contributed by atoms with Gasteiger partial charge in [0.2, 0.25) is 0 Å². The fourth-order valence-corrected chi connectivity index (χ4v) is 5.41. The Hall–Kier alpha value is -3.58. The van der Waals surface area contributed by atoms with Crippen molar-refractivity contribution < 1.29 is 34.1 Å². The van der Waals surface area contributed by atoms with E-state index in [2.05, 4.69) is 10.1 Å². The van der Waals surface area contributed by atoms with Gasteiger partial charge in [-0.05, 0) is 61.2 Å². The molecule has 13 heteroatoms. The van der Waals surface area contributed by atoms with Crippen LogP contribution in [0.5, 0.6) is 5.75 Å². The molecule has 5 rings (SSSR count). The second kappa shape index (κ2) is 11.6. The SMILES string of the molecule is CC.CC.COc1cc(/C=C2\CCCN3C2=NOC3(CO)c2cccc(S(F)(F)(F)(F)F)c2)ccc1-n1cnc(C)c1. The molecule has 2 aliphatic heterocycles. The second-order valence-electron chi connectivity index (χ2n) is 9.22. The highest BCUT2D eigenvalue weighted by molar-refractivity contribution is 8.45. The van der Waals surface area contributed by atoms with Crippen molar-refractivity contribution in [1.82, 2.24) is 14.5 Å². The minimum atomic E-state index is -9.95. The molecule has 3 aromatic rings. The van der Waals surface area contributed by atoms with Crippen LogP contribution in [0.15, 0.2) is 70.6 Å². The first-order valence-electron chi connectivity index (χ1n) is 13.6. The van der Waals surface area contributed by atoms with Crippen molar-refractivity contribution in [2.75, 3.05) is 20.3 Å². The number of hydrogen-bond acceptors (Lipinski definition) is 6. The van der Waals surface area contributed by atoms with Crippen LogP contribution in [0, 0.1) is 6.92 Å². The predicted octanol–water partition coefficient (Wildman–Crippen LogP) is 8.57. The summed E-state index contributed by atoms with van der Waals surface area (Å²) in [6.45, 7) is 9.36. The maximum atomic E-state index is 13.5. The van der Waals surface area contributed by atoms with Gasteiger partial charge in [0.1, 0.15) is 17.3 Å². The van der Waals surface area contributed by atoms with E-state index < -0.39 is 27.5 Å². The Labute approximate surface area is 243 Å². The molecule has 232 valence electrons. The molecule has 1 N–H and O–H groups in total. The number of aliphatic hydroxyl groups is 1. The number of fused-ring (bicyclic) bond motifs is 1. The number of rotatable bonds is 6. The van der Waals surface area contributed by atoms with Crippen molar-refractivity contribution in [3.8, 4) is 11.4 Å². The molecular formula is C29H37F5N4O3S. The van der Waals surface area contributed by atoms with Gasteiger partial charge in [-0.2, -0.15) is 0 Å². The van der Waals surface area contributed by atoms with E-state index >= 15 is 0 Å². The molecule has 2 aromatic carbocycles. The monoisotopic (exact) mass is 616 g/mol. The Morgan fingerprint density at radius 1 is 1.07 bits per heavy atom. The van der Waals surface area contributed by atoms with Gasteiger partial charge in [-0.1, -0.05) is 70.5 Å². The molecular weight excluding hydrogens is 579 g/mol. The molecule has 0 radical (unpaired) electrons. The van der Waals surface area contributed by atoms with Gasteiger partial charge in [0.15, 0.2) is 5.84 Å². The number of oxime groups is 1. The summed E-state index contributed by atoms with van der Waals surface area (Å²) in [7, 11) is -8.40. The highest BCUT2D eigenvalue weighted by Crippen LogP contribution is 3.02. The number of aryl methyl sites for hydroxylation is 1. The molecule has 1 fully saturated rings. The van der Waals surface area contributed by atoms with Gasteiger partial charge in [-0.25, -0.2) is 4.98 Å². The molecule has 1 unspecified atom stereocenters. The van der Waals surface area contributed by atoms with Gasteiger partial charge in [0.05, 0.1) is 24.8 Å². The van der Waals surface area contributed by atoms with Crippen LogP contribution in [-0.2, 0) is 10.6 Å². The Morgan fingerprint density at radius 3 is 2.38 bits per heavy atom. The lowest BCUT2D eigenvalue weighted by Crippen LogP contribution is -2.51. The van der Waals surface area contributed by atoms with Crippen LogP contribution in [0.4, 0.5) is 19.4 Å². The average Bonchev–Trinajstić information content (AvgIpc) is 3.59. The quantitative estimate of drug-likeness (QED) is 0.281. The van der Waals surface area contributed by atoms with Crippen LogP contribution in [0.3, 0.4) is 0 Å². The normalized spacial score (nSPS) is 20.5. The van der Waals surface area contributed by atoms with E-state index in [-0.39, 0.29) is 5.56 Å². The number of methoxy groups -OCH3 is 1. The van der Waals surface area contributed by atoms with Gasteiger partial charge < -0.3 is 24.1 Å². The third kappa shape index (κ3) is 6.57. The Bertz CT molecular complexity index is 1480.